The smallest absolute Gasteiger partial charge is 0.367 e. The molecular formula is C23H21F5N6. The molecule has 1 aliphatic heterocycles. The van der Waals surface area contributed by atoms with Crippen LogP contribution in [0.1, 0.15) is 17.5 Å². The summed E-state index contributed by atoms with van der Waals surface area (Å²) in [6.07, 6.45) is -5.32. The van der Waals surface area contributed by atoms with Gasteiger partial charge in [-0.05, 0) is 24.3 Å². The lowest BCUT2D eigenvalue weighted by atomic mass is 10.1. The van der Waals surface area contributed by atoms with Crippen LogP contribution in [0, 0.1) is 23.0 Å². The van der Waals surface area contributed by atoms with E-state index in [9.17, 15) is 22.0 Å². The number of benzene rings is 2. The number of hydrogen-bond acceptors (Lipinski definition) is 6. The molecule has 0 saturated carbocycles. The summed E-state index contributed by atoms with van der Waals surface area (Å²) in [5.41, 5.74) is 1.71. The van der Waals surface area contributed by atoms with Crippen LogP contribution < -0.4 is 10.2 Å². The fraction of sp³-hybridized carbons (Fsp3) is 0.348. The van der Waals surface area contributed by atoms with Crippen molar-refractivity contribution < 1.29 is 22.0 Å². The highest BCUT2D eigenvalue weighted by molar-refractivity contribution is 5.81. The number of hydrogen-bond donors (Lipinski definition) is 1. The number of rotatable bonds is 6. The third-order valence-corrected chi connectivity index (χ3v) is 5.56. The molecule has 1 fully saturated rings. The Morgan fingerprint density at radius 1 is 0.971 bits per heavy atom. The summed E-state index contributed by atoms with van der Waals surface area (Å²) < 4.78 is 65.1. The lowest BCUT2D eigenvalue weighted by Gasteiger charge is -2.36. The normalized spacial score (nSPS) is 14.9. The minimum atomic E-state index is -4.31. The van der Waals surface area contributed by atoms with Gasteiger partial charge in [0.1, 0.15) is 11.6 Å². The van der Waals surface area contributed by atoms with Crippen LogP contribution in [0.5, 0.6) is 0 Å². The molecule has 0 radical (unpaired) electrons. The summed E-state index contributed by atoms with van der Waals surface area (Å²) in [5.74, 6) is -0.602. The Kier molecular flexibility index (Phi) is 6.79. The van der Waals surface area contributed by atoms with Crippen molar-refractivity contribution in [3.63, 3.8) is 0 Å². The summed E-state index contributed by atoms with van der Waals surface area (Å²) in [6.45, 7) is 2.00. The molecule has 6 nitrogen and oxygen atoms in total. The van der Waals surface area contributed by atoms with Crippen molar-refractivity contribution in [3.8, 4) is 6.07 Å². The third kappa shape index (κ3) is 5.69. The van der Waals surface area contributed by atoms with Crippen LogP contribution in [0.25, 0.3) is 11.0 Å². The standard InChI is InChI=1S/C23H21F5N6/c24-17-3-2-16(18(25)12-17)14-33-7-9-34(10-8-33)22-21(30-6-5-23(26,27)28)31-19-4-1-15(13-29)11-20(19)32-22/h1-4,11-12H,5-10,14H2,(H,30,31). The molecule has 2 heterocycles. The highest BCUT2D eigenvalue weighted by Gasteiger charge is 2.27. The van der Waals surface area contributed by atoms with E-state index in [4.69, 9.17) is 5.26 Å². The van der Waals surface area contributed by atoms with E-state index in [1.54, 1.807) is 18.2 Å². The Morgan fingerprint density at radius 2 is 1.74 bits per heavy atom. The second-order valence-corrected chi connectivity index (χ2v) is 8.00. The van der Waals surface area contributed by atoms with Gasteiger partial charge in [-0.1, -0.05) is 6.07 Å². The quantitative estimate of drug-likeness (QED) is 0.530. The van der Waals surface area contributed by atoms with Crippen molar-refractivity contribution in [1.82, 2.24) is 14.9 Å². The zero-order chi connectivity index (χ0) is 24.3. The van der Waals surface area contributed by atoms with Gasteiger partial charge < -0.3 is 10.2 Å². The van der Waals surface area contributed by atoms with Crippen molar-refractivity contribution >= 4 is 22.7 Å². The van der Waals surface area contributed by atoms with E-state index in [-0.39, 0.29) is 12.4 Å². The van der Waals surface area contributed by atoms with Gasteiger partial charge in [-0.15, -0.1) is 0 Å². The van der Waals surface area contributed by atoms with Gasteiger partial charge in [0.25, 0.3) is 0 Å². The predicted octanol–water partition coefficient (Wildman–Crippen LogP) is 4.47. The maximum absolute atomic E-state index is 14.0. The molecule has 1 saturated heterocycles. The molecule has 0 amide bonds. The monoisotopic (exact) mass is 476 g/mol. The predicted molar refractivity (Wildman–Crippen MR) is 117 cm³/mol. The lowest BCUT2D eigenvalue weighted by molar-refractivity contribution is -0.131. The number of halogens is 5. The van der Waals surface area contributed by atoms with E-state index in [1.165, 1.54) is 12.1 Å². The Balaban J connectivity index is 1.53. The van der Waals surface area contributed by atoms with E-state index >= 15 is 0 Å². The molecular weight excluding hydrogens is 455 g/mol. The molecule has 11 heteroatoms. The molecule has 3 aromatic rings. The van der Waals surface area contributed by atoms with Crippen molar-refractivity contribution in [2.45, 2.75) is 19.1 Å². The molecule has 1 N–H and O–H groups in total. The zero-order valence-electron chi connectivity index (χ0n) is 18.0. The van der Waals surface area contributed by atoms with E-state index in [0.717, 1.165) is 6.07 Å². The Labute approximate surface area is 192 Å². The number of nitrogens with one attached hydrogen (secondary N) is 1. The first-order chi connectivity index (χ1) is 16.2. The topological polar surface area (TPSA) is 68.1 Å². The molecule has 1 aromatic heterocycles. The summed E-state index contributed by atoms with van der Waals surface area (Å²) in [7, 11) is 0. The second kappa shape index (κ2) is 9.77. The minimum absolute atomic E-state index is 0.236. The fourth-order valence-corrected chi connectivity index (χ4v) is 3.78. The molecule has 34 heavy (non-hydrogen) atoms. The van der Waals surface area contributed by atoms with Crippen LogP contribution in [0.2, 0.25) is 0 Å². The van der Waals surface area contributed by atoms with Gasteiger partial charge in [0.05, 0.1) is 29.1 Å². The van der Waals surface area contributed by atoms with E-state index in [0.29, 0.717) is 60.7 Å². The van der Waals surface area contributed by atoms with Gasteiger partial charge in [0, 0.05) is 50.9 Å². The number of nitrogens with zero attached hydrogens (tertiary/aromatic N) is 5. The van der Waals surface area contributed by atoms with Gasteiger partial charge >= 0.3 is 6.18 Å². The maximum atomic E-state index is 14.0. The zero-order valence-corrected chi connectivity index (χ0v) is 18.0. The number of piperazine rings is 1. The van der Waals surface area contributed by atoms with Crippen molar-refractivity contribution in [2.24, 2.45) is 0 Å². The maximum Gasteiger partial charge on any atom is 0.390 e. The van der Waals surface area contributed by atoms with Gasteiger partial charge in [-0.2, -0.15) is 18.4 Å². The average molecular weight is 476 g/mol. The molecule has 0 atom stereocenters. The van der Waals surface area contributed by atoms with E-state index in [1.807, 2.05) is 15.9 Å². The molecule has 2 aromatic carbocycles. The highest BCUT2D eigenvalue weighted by atomic mass is 19.4. The van der Waals surface area contributed by atoms with Crippen LogP contribution in [0.15, 0.2) is 36.4 Å². The summed E-state index contributed by atoms with van der Waals surface area (Å²) in [5, 5.41) is 11.9. The Bertz CT molecular complexity index is 1210. The Morgan fingerprint density at radius 3 is 2.41 bits per heavy atom. The number of fused-ring (bicyclic) bond motifs is 1. The SMILES string of the molecule is N#Cc1ccc2nc(NCCC(F)(F)F)c(N3CCN(Cc4ccc(F)cc4F)CC3)nc2c1. The van der Waals surface area contributed by atoms with E-state index < -0.39 is 24.2 Å². The van der Waals surface area contributed by atoms with Crippen LogP contribution >= 0.6 is 0 Å². The van der Waals surface area contributed by atoms with Gasteiger partial charge in [-0.25, -0.2) is 18.7 Å². The number of aromatic nitrogens is 2. The molecule has 178 valence electrons. The number of anilines is 2. The van der Waals surface area contributed by atoms with Crippen LogP contribution in [-0.2, 0) is 6.54 Å². The van der Waals surface area contributed by atoms with Crippen molar-refractivity contribution in [3.05, 3.63) is 59.2 Å². The number of alkyl halides is 3. The second-order valence-electron chi connectivity index (χ2n) is 8.00. The van der Waals surface area contributed by atoms with E-state index in [2.05, 4.69) is 15.3 Å². The summed E-state index contributed by atoms with van der Waals surface area (Å²) in [4.78, 5) is 13.0. The van der Waals surface area contributed by atoms with Crippen LogP contribution in [-0.4, -0.2) is 53.8 Å². The number of nitriles is 1. The largest absolute Gasteiger partial charge is 0.390 e. The van der Waals surface area contributed by atoms with Gasteiger partial charge in [0.15, 0.2) is 11.6 Å². The molecule has 1 aliphatic rings. The van der Waals surface area contributed by atoms with Crippen molar-refractivity contribution in [2.75, 3.05) is 42.9 Å². The summed E-state index contributed by atoms with van der Waals surface area (Å²) >= 11 is 0. The van der Waals surface area contributed by atoms with Crippen molar-refractivity contribution in [1.29, 1.82) is 5.26 Å². The highest BCUT2D eigenvalue weighted by Crippen LogP contribution is 2.28. The Hall–Kier alpha value is -3.52. The minimum Gasteiger partial charge on any atom is -0.367 e. The lowest BCUT2D eigenvalue weighted by Crippen LogP contribution is -2.46. The molecule has 0 bridgehead atoms. The average Bonchev–Trinajstić information content (AvgIpc) is 2.80. The summed E-state index contributed by atoms with van der Waals surface area (Å²) in [6, 6.07) is 10.3. The van der Waals surface area contributed by atoms with Gasteiger partial charge in [-0.3, -0.25) is 4.90 Å². The molecule has 0 aliphatic carbocycles. The molecule has 0 spiro atoms. The first-order valence-corrected chi connectivity index (χ1v) is 10.7. The first-order valence-electron chi connectivity index (χ1n) is 10.7. The fourth-order valence-electron chi connectivity index (χ4n) is 3.78. The third-order valence-electron chi connectivity index (χ3n) is 5.56. The van der Waals surface area contributed by atoms with Crippen LogP contribution in [0.4, 0.5) is 33.6 Å². The molecule has 0 unspecified atom stereocenters. The first kappa shape index (κ1) is 23.6. The van der Waals surface area contributed by atoms with Crippen LogP contribution in [0.3, 0.4) is 0 Å². The van der Waals surface area contributed by atoms with Gasteiger partial charge in [0.2, 0.25) is 0 Å². The molecule has 4 rings (SSSR count).